The number of methoxy groups -OCH3 is 2. The molecule has 106 valence electrons. The fraction of sp³-hybridized carbons (Fsp3) is 0.600. The van der Waals surface area contributed by atoms with Crippen LogP contribution in [0.5, 0.6) is 11.5 Å². The summed E-state index contributed by atoms with van der Waals surface area (Å²) in [6, 6.07) is 4.26. The molecule has 19 heavy (non-hydrogen) atoms. The number of rotatable bonds is 4. The average Bonchev–Trinajstić information content (AvgIpc) is 2.41. The summed E-state index contributed by atoms with van der Waals surface area (Å²) in [5, 5.41) is 0.459. The zero-order valence-corrected chi connectivity index (χ0v) is 13.5. The second-order valence-corrected chi connectivity index (χ2v) is 7.02. The van der Waals surface area contributed by atoms with Gasteiger partial charge in [-0.3, -0.25) is 0 Å². The lowest BCUT2D eigenvalue weighted by molar-refractivity contribution is 0.352. The van der Waals surface area contributed by atoms with Crippen LogP contribution in [-0.4, -0.2) is 25.9 Å². The molecule has 0 saturated carbocycles. The molecule has 2 rings (SSSR count). The Balaban J connectivity index is 2.54. The lowest BCUT2D eigenvalue weighted by atomic mass is 9.81. The van der Waals surface area contributed by atoms with E-state index in [-0.39, 0.29) is 5.41 Å². The maximum Gasteiger partial charge on any atom is 0.161 e. The highest BCUT2D eigenvalue weighted by Gasteiger charge is 2.34. The van der Waals surface area contributed by atoms with Gasteiger partial charge in [-0.2, -0.15) is 11.8 Å². The van der Waals surface area contributed by atoms with Crippen LogP contribution in [0, 0.1) is 0 Å². The van der Waals surface area contributed by atoms with Crippen molar-refractivity contribution in [1.82, 2.24) is 0 Å². The van der Waals surface area contributed by atoms with Crippen LogP contribution in [0.2, 0.25) is 0 Å². The largest absolute Gasteiger partial charge is 0.493 e. The van der Waals surface area contributed by atoms with E-state index in [1.165, 1.54) is 11.1 Å². The first-order valence-corrected chi connectivity index (χ1v) is 8.05. The third kappa shape index (κ3) is 2.82. The van der Waals surface area contributed by atoms with E-state index in [4.69, 9.17) is 21.1 Å². The summed E-state index contributed by atoms with van der Waals surface area (Å²) in [4.78, 5) is 0. The molecule has 0 N–H and O–H groups in total. The Bertz CT molecular complexity index is 460. The molecule has 1 aromatic carbocycles. The highest BCUT2D eigenvalue weighted by Crippen LogP contribution is 2.49. The molecular formula is C15H21ClO2S. The molecule has 1 aliphatic heterocycles. The second kappa shape index (κ2) is 5.84. The molecule has 0 amide bonds. The topological polar surface area (TPSA) is 18.5 Å². The molecule has 0 aromatic heterocycles. The van der Waals surface area contributed by atoms with Gasteiger partial charge in [-0.15, -0.1) is 11.6 Å². The number of hydrogen-bond acceptors (Lipinski definition) is 3. The first kappa shape index (κ1) is 14.9. The van der Waals surface area contributed by atoms with E-state index in [1.54, 1.807) is 14.2 Å². The predicted octanol–water partition coefficient (Wildman–Crippen LogP) is 4.40. The van der Waals surface area contributed by atoms with E-state index >= 15 is 0 Å². The highest BCUT2D eigenvalue weighted by atomic mass is 35.5. The summed E-state index contributed by atoms with van der Waals surface area (Å²) >= 11 is 7.92. The third-order valence-corrected chi connectivity index (χ3v) is 5.65. The van der Waals surface area contributed by atoms with Gasteiger partial charge in [-0.1, -0.05) is 13.8 Å². The van der Waals surface area contributed by atoms with Crippen molar-refractivity contribution >= 4 is 23.4 Å². The minimum Gasteiger partial charge on any atom is -0.493 e. The number of hydrogen-bond donors (Lipinski definition) is 0. The second-order valence-electron chi connectivity index (χ2n) is 5.46. The maximum atomic E-state index is 5.94. The van der Waals surface area contributed by atoms with E-state index in [9.17, 15) is 0 Å². The van der Waals surface area contributed by atoms with Crippen LogP contribution in [0.3, 0.4) is 0 Å². The Morgan fingerprint density at radius 1 is 1.26 bits per heavy atom. The van der Waals surface area contributed by atoms with Crippen LogP contribution in [0.1, 0.15) is 36.6 Å². The molecule has 1 atom stereocenters. The van der Waals surface area contributed by atoms with E-state index in [0.717, 1.165) is 23.7 Å². The summed E-state index contributed by atoms with van der Waals surface area (Å²) in [6.45, 7) is 4.56. The van der Waals surface area contributed by atoms with Crippen molar-refractivity contribution in [3.05, 3.63) is 23.3 Å². The third-order valence-electron chi connectivity index (χ3n) is 3.65. The molecule has 1 aliphatic rings. The van der Waals surface area contributed by atoms with Crippen LogP contribution in [0.4, 0.5) is 0 Å². The van der Waals surface area contributed by atoms with E-state index < -0.39 is 0 Å². The predicted molar refractivity (Wildman–Crippen MR) is 83.1 cm³/mol. The van der Waals surface area contributed by atoms with Gasteiger partial charge in [-0.05, 0) is 35.1 Å². The Labute approximate surface area is 124 Å². The minimum absolute atomic E-state index is 0.155. The van der Waals surface area contributed by atoms with Crippen LogP contribution in [0.15, 0.2) is 12.1 Å². The molecule has 1 heterocycles. The Morgan fingerprint density at radius 2 is 1.89 bits per heavy atom. The normalized spacial score (nSPS) is 20.8. The number of halogens is 1. The monoisotopic (exact) mass is 300 g/mol. The molecular weight excluding hydrogens is 280 g/mol. The van der Waals surface area contributed by atoms with Crippen molar-refractivity contribution in [3.63, 3.8) is 0 Å². The summed E-state index contributed by atoms with van der Waals surface area (Å²) in [5.74, 6) is 3.41. The van der Waals surface area contributed by atoms with Gasteiger partial charge < -0.3 is 9.47 Å². The number of fused-ring (bicyclic) bond motifs is 1. The molecule has 0 saturated heterocycles. The number of ether oxygens (including phenoxy) is 2. The van der Waals surface area contributed by atoms with Gasteiger partial charge in [0, 0.05) is 16.9 Å². The molecule has 1 unspecified atom stereocenters. The zero-order valence-electron chi connectivity index (χ0n) is 12.0. The molecule has 0 radical (unpaired) electrons. The minimum atomic E-state index is 0.155. The lowest BCUT2D eigenvalue weighted by Gasteiger charge is -2.37. The van der Waals surface area contributed by atoms with Crippen molar-refractivity contribution in [2.24, 2.45) is 0 Å². The Kier molecular flexibility index (Phi) is 4.57. The van der Waals surface area contributed by atoms with Crippen molar-refractivity contribution in [3.8, 4) is 11.5 Å². The fourth-order valence-corrected chi connectivity index (χ4v) is 4.34. The van der Waals surface area contributed by atoms with Gasteiger partial charge in [0.25, 0.3) is 0 Å². The standard InChI is InChI=1S/C15H21ClO2S/c1-15(2)9-19-14(5-6-16)10-7-12(17-3)13(18-4)8-11(10)15/h7-8,14H,5-6,9H2,1-4H3. The molecule has 0 aliphatic carbocycles. The molecule has 0 spiro atoms. The maximum absolute atomic E-state index is 5.94. The number of thioether (sulfide) groups is 1. The van der Waals surface area contributed by atoms with Gasteiger partial charge in [-0.25, -0.2) is 0 Å². The smallest absolute Gasteiger partial charge is 0.161 e. The molecule has 4 heteroatoms. The summed E-state index contributed by atoms with van der Waals surface area (Å²) in [7, 11) is 3.37. The SMILES string of the molecule is COc1cc2c(cc1OC)C(C)(C)CSC2CCCl. The van der Waals surface area contributed by atoms with Gasteiger partial charge in [0.1, 0.15) is 0 Å². The highest BCUT2D eigenvalue weighted by molar-refractivity contribution is 7.99. The van der Waals surface area contributed by atoms with Gasteiger partial charge in [0.2, 0.25) is 0 Å². The van der Waals surface area contributed by atoms with Crippen molar-refractivity contribution in [1.29, 1.82) is 0 Å². The lowest BCUT2D eigenvalue weighted by Crippen LogP contribution is -2.28. The average molecular weight is 301 g/mol. The van der Waals surface area contributed by atoms with E-state index in [1.807, 2.05) is 11.8 Å². The summed E-state index contributed by atoms with van der Waals surface area (Å²) in [6.07, 6.45) is 0.991. The van der Waals surface area contributed by atoms with Gasteiger partial charge >= 0.3 is 0 Å². The van der Waals surface area contributed by atoms with Crippen LogP contribution in [0.25, 0.3) is 0 Å². The zero-order chi connectivity index (χ0) is 14.0. The number of benzene rings is 1. The van der Waals surface area contributed by atoms with Crippen molar-refractivity contribution in [2.75, 3.05) is 25.9 Å². The fourth-order valence-electron chi connectivity index (χ4n) is 2.56. The molecule has 1 aromatic rings. The van der Waals surface area contributed by atoms with E-state index in [2.05, 4.69) is 26.0 Å². The Morgan fingerprint density at radius 3 is 2.47 bits per heavy atom. The first-order chi connectivity index (χ1) is 9.03. The van der Waals surface area contributed by atoms with Crippen molar-refractivity contribution in [2.45, 2.75) is 30.9 Å². The van der Waals surface area contributed by atoms with E-state index in [0.29, 0.717) is 11.1 Å². The summed E-state index contributed by atoms with van der Waals surface area (Å²) in [5.41, 5.74) is 2.86. The van der Waals surface area contributed by atoms with Crippen molar-refractivity contribution < 1.29 is 9.47 Å². The van der Waals surface area contributed by atoms with Gasteiger partial charge in [0.05, 0.1) is 14.2 Å². The Hall–Kier alpha value is -0.540. The molecule has 2 nitrogen and oxygen atoms in total. The number of alkyl halides is 1. The quantitative estimate of drug-likeness (QED) is 0.768. The molecule has 0 fully saturated rings. The van der Waals surface area contributed by atoms with Crippen LogP contribution in [-0.2, 0) is 5.41 Å². The van der Waals surface area contributed by atoms with Crippen LogP contribution >= 0.6 is 23.4 Å². The van der Waals surface area contributed by atoms with Crippen LogP contribution < -0.4 is 9.47 Å². The molecule has 0 bridgehead atoms. The van der Waals surface area contributed by atoms with Gasteiger partial charge in [0.15, 0.2) is 11.5 Å². The summed E-state index contributed by atoms with van der Waals surface area (Å²) < 4.78 is 10.9. The first-order valence-electron chi connectivity index (χ1n) is 6.47.